The van der Waals surface area contributed by atoms with Gasteiger partial charge in [-0.25, -0.2) is 0 Å². The molecule has 1 aromatic carbocycles. The number of hydrogen-bond donors (Lipinski definition) is 1. The smallest absolute Gasteiger partial charge is 0.203 e. The van der Waals surface area contributed by atoms with Crippen LogP contribution in [-0.4, -0.2) is 32.5 Å². The second kappa shape index (κ2) is 9.36. The first-order chi connectivity index (χ1) is 14.7. The maximum Gasteiger partial charge on any atom is 0.203 e. The van der Waals surface area contributed by atoms with Gasteiger partial charge in [0.1, 0.15) is 11.8 Å². The molecule has 1 fully saturated rings. The summed E-state index contributed by atoms with van der Waals surface area (Å²) in [6.45, 7) is 9.05. The van der Waals surface area contributed by atoms with E-state index in [0.717, 1.165) is 35.1 Å². The average molecular weight is 423 g/mol. The Morgan fingerprint density at radius 3 is 2.83 bits per heavy atom. The SMILES string of the molecule is C=CCn1c(-c2cccnc2)nn(C[NH+]2CCC[C@H]2c2ccc(OCC)cc2)c1=S. The molecule has 0 bridgehead atoms. The molecular formula is C23H28N5OS+. The molecule has 156 valence electrons. The van der Waals surface area contributed by atoms with Gasteiger partial charge in [0, 0.05) is 42.9 Å². The van der Waals surface area contributed by atoms with Gasteiger partial charge >= 0.3 is 0 Å². The first-order valence-corrected chi connectivity index (χ1v) is 10.9. The molecule has 2 aromatic heterocycles. The molecule has 3 aromatic rings. The van der Waals surface area contributed by atoms with Gasteiger partial charge < -0.3 is 9.64 Å². The number of ether oxygens (including phenoxy) is 1. The normalized spacial score (nSPS) is 18.4. The van der Waals surface area contributed by atoms with Crippen molar-refractivity contribution in [2.45, 2.75) is 39.0 Å². The Kier molecular flexibility index (Phi) is 6.40. The van der Waals surface area contributed by atoms with Crippen LogP contribution in [0.5, 0.6) is 5.75 Å². The Morgan fingerprint density at radius 1 is 1.30 bits per heavy atom. The highest BCUT2D eigenvalue weighted by Crippen LogP contribution is 2.22. The van der Waals surface area contributed by atoms with Crippen LogP contribution in [0, 0.1) is 4.77 Å². The first-order valence-electron chi connectivity index (χ1n) is 10.5. The van der Waals surface area contributed by atoms with Gasteiger partial charge in [0.15, 0.2) is 12.5 Å². The van der Waals surface area contributed by atoms with Gasteiger partial charge in [-0.3, -0.25) is 9.55 Å². The van der Waals surface area contributed by atoms with Crippen LogP contribution in [-0.2, 0) is 13.2 Å². The molecular weight excluding hydrogens is 394 g/mol. The molecule has 6 nitrogen and oxygen atoms in total. The molecule has 1 aliphatic rings. The predicted molar refractivity (Wildman–Crippen MR) is 120 cm³/mol. The molecule has 7 heteroatoms. The molecule has 30 heavy (non-hydrogen) atoms. The summed E-state index contributed by atoms with van der Waals surface area (Å²) in [5.74, 6) is 1.76. The van der Waals surface area contributed by atoms with Crippen LogP contribution >= 0.6 is 12.2 Å². The molecule has 0 radical (unpaired) electrons. The fraction of sp³-hybridized carbons (Fsp3) is 0.348. The fourth-order valence-electron chi connectivity index (χ4n) is 4.20. The Hall–Kier alpha value is -2.77. The number of quaternary nitrogens is 1. The number of pyridine rings is 1. The van der Waals surface area contributed by atoms with Crippen molar-refractivity contribution < 1.29 is 9.64 Å². The number of allylic oxidation sites excluding steroid dienone is 1. The van der Waals surface area contributed by atoms with Crippen LogP contribution in [0.2, 0.25) is 0 Å². The molecule has 1 aliphatic heterocycles. The van der Waals surface area contributed by atoms with E-state index in [-0.39, 0.29) is 0 Å². The quantitative estimate of drug-likeness (QED) is 0.446. The third kappa shape index (κ3) is 4.22. The molecule has 1 unspecified atom stereocenters. The summed E-state index contributed by atoms with van der Waals surface area (Å²) in [5, 5.41) is 4.88. The highest BCUT2D eigenvalue weighted by molar-refractivity contribution is 7.71. The maximum atomic E-state index is 5.78. The first kappa shape index (κ1) is 20.5. The lowest BCUT2D eigenvalue weighted by Crippen LogP contribution is -3.09. The minimum Gasteiger partial charge on any atom is -0.494 e. The van der Waals surface area contributed by atoms with E-state index in [1.165, 1.54) is 23.3 Å². The van der Waals surface area contributed by atoms with E-state index >= 15 is 0 Å². The highest BCUT2D eigenvalue weighted by Gasteiger charge is 2.31. The maximum absolute atomic E-state index is 5.78. The Bertz CT molecular complexity index is 1040. The van der Waals surface area contributed by atoms with Crippen LogP contribution in [0.15, 0.2) is 61.4 Å². The molecule has 3 heterocycles. The minimum absolute atomic E-state index is 0.439. The predicted octanol–water partition coefficient (Wildman–Crippen LogP) is 3.44. The van der Waals surface area contributed by atoms with Crippen molar-refractivity contribution in [3.63, 3.8) is 0 Å². The lowest BCUT2D eigenvalue weighted by molar-refractivity contribution is -0.941. The number of nitrogens with one attached hydrogen (secondary N) is 1. The third-order valence-electron chi connectivity index (χ3n) is 5.58. The Balaban J connectivity index is 1.60. The van der Waals surface area contributed by atoms with Crippen LogP contribution in [0.1, 0.15) is 31.4 Å². The van der Waals surface area contributed by atoms with Crippen LogP contribution in [0.4, 0.5) is 0 Å². The van der Waals surface area contributed by atoms with Crippen molar-refractivity contribution in [1.82, 2.24) is 19.3 Å². The minimum atomic E-state index is 0.439. The van der Waals surface area contributed by atoms with Crippen molar-refractivity contribution >= 4 is 12.2 Å². The number of nitrogens with zero attached hydrogens (tertiary/aromatic N) is 4. The summed E-state index contributed by atoms with van der Waals surface area (Å²) in [7, 11) is 0. The lowest BCUT2D eigenvalue weighted by atomic mass is 10.0. The highest BCUT2D eigenvalue weighted by atomic mass is 32.1. The summed E-state index contributed by atoms with van der Waals surface area (Å²) >= 11 is 5.78. The van der Waals surface area contributed by atoms with Crippen molar-refractivity contribution in [2.75, 3.05) is 13.2 Å². The molecule has 0 aliphatic carbocycles. The lowest BCUT2D eigenvalue weighted by Gasteiger charge is -2.21. The van der Waals surface area contributed by atoms with E-state index in [9.17, 15) is 0 Å². The molecule has 4 rings (SSSR count). The summed E-state index contributed by atoms with van der Waals surface area (Å²) in [4.78, 5) is 5.72. The van der Waals surface area contributed by atoms with Gasteiger partial charge in [0.2, 0.25) is 4.77 Å². The number of aromatic nitrogens is 4. The monoisotopic (exact) mass is 422 g/mol. The van der Waals surface area contributed by atoms with E-state index in [1.54, 1.807) is 6.20 Å². The van der Waals surface area contributed by atoms with Crippen molar-refractivity contribution in [3.05, 3.63) is 71.8 Å². The van der Waals surface area contributed by atoms with E-state index in [4.69, 9.17) is 22.1 Å². The van der Waals surface area contributed by atoms with E-state index in [2.05, 4.69) is 35.8 Å². The van der Waals surface area contributed by atoms with Crippen LogP contribution in [0.25, 0.3) is 11.4 Å². The number of benzene rings is 1. The summed E-state index contributed by atoms with van der Waals surface area (Å²) in [6, 6.07) is 12.9. The van der Waals surface area contributed by atoms with Crippen LogP contribution in [0.3, 0.4) is 0 Å². The molecule has 2 atom stereocenters. The topological polar surface area (TPSA) is 49.3 Å². The van der Waals surface area contributed by atoms with Gasteiger partial charge in [-0.05, 0) is 55.5 Å². The second-order valence-corrected chi connectivity index (χ2v) is 7.88. The largest absolute Gasteiger partial charge is 0.494 e. The molecule has 0 amide bonds. The standard InChI is InChI=1S/C23H27N5OS/c1-3-14-27-22(19-7-5-13-24-16-19)25-28(23(27)30)17-26-15-6-8-21(26)18-9-11-20(12-10-18)29-4-2/h3,5,7,9-13,16,21H,1,4,6,8,14-15,17H2,2H3/p+1/t21-/m0/s1. The van der Waals surface area contributed by atoms with Gasteiger partial charge in [0.25, 0.3) is 0 Å². The average Bonchev–Trinajstić information content (AvgIpc) is 3.36. The number of hydrogen-bond acceptors (Lipinski definition) is 4. The van der Waals surface area contributed by atoms with Gasteiger partial charge in [-0.1, -0.05) is 6.08 Å². The van der Waals surface area contributed by atoms with Crippen molar-refractivity contribution in [1.29, 1.82) is 0 Å². The second-order valence-electron chi connectivity index (χ2n) is 7.51. The zero-order valence-corrected chi connectivity index (χ0v) is 18.1. The Labute approximate surface area is 182 Å². The molecule has 0 spiro atoms. The number of rotatable bonds is 8. The van der Waals surface area contributed by atoms with Gasteiger partial charge in [-0.2, -0.15) is 4.68 Å². The zero-order valence-electron chi connectivity index (χ0n) is 17.3. The van der Waals surface area contributed by atoms with Crippen molar-refractivity contribution in [3.8, 4) is 17.1 Å². The summed E-state index contributed by atoms with van der Waals surface area (Å²) in [5.41, 5.74) is 2.30. The Morgan fingerprint density at radius 2 is 2.13 bits per heavy atom. The number of likely N-dealkylation sites (tertiary alicyclic amines) is 1. The summed E-state index contributed by atoms with van der Waals surface area (Å²) < 4.78 is 10.3. The van der Waals surface area contributed by atoms with E-state index in [1.807, 2.05) is 40.6 Å². The molecule has 1 N–H and O–H groups in total. The molecule has 0 saturated carbocycles. The van der Waals surface area contributed by atoms with Gasteiger partial charge in [0.05, 0.1) is 13.2 Å². The van der Waals surface area contributed by atoms with Crippen molar-refractivity contribution in [2.24, 2.45) is 0 Å². The molecule has 1 saturated heterocycles. The fourth-order valence-corrected chi connectivity index (χ4v) is 4.47. The van der Waals surface area contributed by atoms with Gasteiger partial charge in [-0.15, -0.1) is 11.7 Å². The van der Waals surface area contributed by atoms with Crippen LogP contribution < -0.4 is 9.64 Å². The van der Waals surface area contributed by atoms with E-state index < -0.39 is 0 Å². The van der Waals surface area contributed by atoms with E-state index in [0.29, 0.717) is 19.2 Å². The summed E-state index contributed by atoms with van der Waals surface area (Å²) in [6.07, 6.45) is 7.81. The third-order valence-corrected chi connectivity index (χ3v) is 6.02. The zero-order chi connectivity index (χ0) is 20.9.